The fourth-order valence-electron chi connectivity index (χ4n) is 3.73. The Morgan fingerprint density at radius 3 is 2.28 bits per heavy atom. The minimum atomic E-state index is -1.08. The number of amides is 1. The Hall–Kier alpha value is -3.34. The average Bonchev–Trinajstić information content (AvgIpc) is 2.64. The summed E-state index contributed by atoms with van der Waals surface area (Å²) in [6.45, 7) is 7.28. The van der Waals surface area contributed by atoms with Gasteiger partial charge in [-0.3, -0.25) is 4.79 Å². The Labute approximate surface area is 170 Å². The number of aromatic hydroxyl groups is 1. The van der Waals surface area contributed by atoms with Crippen LogP contribution in [0.1, 0.15) is 35.3 Å². The van der Waals surface area contributed by atoms with Crippen molar-refractivity contribution in [1.82, 2.24) is 5.32 Å². The maximum Gasteiger partial charge on any atom is 0.326 e. The molecule has 29 heavy (non-hydrogen) atoms. The Morgan fingerprint density at radius 2 is 1.66 bits per heavy atom. The van der Waals surface area contributed by atoms with Crippen molar-refractivity contribution < 1.29 is 19.8 Å². The van der Waals surface area contributed by atoms with Crippen molar-refractivity contribution in [3.63, 3.8) is 0 Å². The van der Waals surface area contributed by atoms with Gasteiger partial charge in [0, 0.05) is 16.7 Å². The monoisotopic (exact) mass is 391 g/mol. The third kappa shape index (κ3) is 3.94. The summed E-state index contributed by atoms with van der Waals surface area (Å²) in [4.78, 5) is 24.7. The number of hydrogen-bond donors (Lipinski definition) is 3. The third-order valence-corrected chi connectivity index (χ3v) is 5.10. The van der Waals surface area contributed by atoms with Gasteiger partial charge < -0.3 is 15.5 Å². The predicted octanol–water partition coefficient (Wildman–Crippen LogP) is 4.67. The van der Waals surface area contributed by atoms with Crippen LogP contribution in [0.15, 0.2) is 48.5 Å². The van der Waals surface area contributed by atoms with Crippen molar-refractivity contribution in [2.45, 2.75) is 33.7 Å². The summed E-state index contributed by atoms with van der Waals surface area (Å²) >= 11 is 0. The number of rotatable bonds is 5. The number of fused-ring (bicyclic) bond motifs is 1. The van der Waals surface area contributed by atoms with Gasteiger partial charge in [-0.25, -0.2) is 4.79 Å². The standard InChI is InChI=1S/C24H25NO4/c1-13(2)22(24(28)29)25-23(27)18-10-9-16-7-5-6-8-17(16)21(18)20-15(4)11-14(3)12-19(20)26/h5-13,22,26H,1-4H3,(H,25,27)(H,28,29)/t22-/m0/s1. The van der Waals surface area contributed by atoms with Crippen LogP contribution < -0.4 is 5.32 Å². The molecule has 3 aromatic carbocycles. The molecule has 150 valence electrons. The molecule has 5 heteroatoms. The molecule has 1 atom stereocenters. The summed E-state index contributed by atoms with van der Waals surface area (Å²) in [5.41, 5.74) is 3.27. The highest BCUT2D eigenvalue weighted by atomic mass is 16.4. The number of benzene rings is 3. The van der Waals surface area contributed by atoms with Gasteiger partial charge in [-0.15, -0.1) is 0 Å². The van der Waals surface area contributed by atoms with Crippen molar-refractivity contribution in [2.24, 2.45) is 5.92 Å². The van der Waals surface area contributed by atoms with Crippen LogP contribution in [0.5, 0.6) is 5.75 Å². The van der Waals surface area contributed by atoms with Crippen LogP contribution in [0.25, 0.3) is 21.9 Å². The lowest BCUT2D eigenvalue weighted by Gasteiger charge is -2.21. The zero-order valence-corrected chi connectivity index (χ0v) is 17.0. The van der Waals surface area contributed by atoms with E-state index in [9.17, 15) is 19.8 Å². The summed E-state index contributed by atoms with van der Waals surface area (Å²) in [5.74, 6) is -1.74. The summed E-state index contributed by atoms with van der Waals surface area (Å²) in [7, 11) is 0. The molecule has 3 aromatic rings. The molecule has 0 aliphatic carbocycles. The number of phenolic OH excluding ortho intramolecular Hbond substituents is 1. The van der Waals surface area contributed by atoms with Crippen LogP contribution in [0, 0.1) is 19.8 Å². The van der Waals surface area contributed by atoms with Gasteiger partial charge in [-0.05, 0) is 53.8 Å². The Bertz CT molecular complexity index is 1080. The molecule has 0 heterocycles. The van der Waals surface area contributed by atoms with E-state index in [4.69, 9.17) is 0 Å². The minimum Gasteiger partial charge on any atom is -0.507 e. The highest BCUT2D eigenvalue weighted by molar-refractivity contribution is 6.11. The Morgan fingerprint density at radius 1 is 0.966 bits per heavy atom. The normalized spacial score (nSPS) is 12.2. The van der Waals surface area contributed by atoms with E-state index in [1.807, 2.05) is 50.2 Å². The molecule has 0 saturated carbocycles. The minimum absolute atomic E-state index is 0.0894. The lowest BCUT2D eigenvalue weighted by Crippen LogP contribution is -2.44. The molecule has 0 unspecified atom stereocenters. The summed E-state index contributed by atoms with van der Waals surface area (Å²) in [6, 6.07) is 13.8. The maximum absolute atomic E-state index is 13.1. The molecule has 0 aliphatic rings. The number of aryl methyl sites for hydroxylation is 2. The zero-order chi connectivity index (χ0) is 21.3. The first kappa shape index (κ1) is 20.4. The molecule has 0 fully saturated rings. The quantitative estimate of drug-likeness (QED) is 0.590. The van der Waals surface area contributed by atoms with E-state index in [2.05, 4.69) is 5.32 Å². The summed E-state index contributed by atoms with van der Waals surface area (Å²) in [6.07, 6.45) is 0. The molecule has 3 rings (SSSR count). The molecular formula is C24H25NO4. The molecule has 0 aromatic heterocycles. The van der Waals surface area contributed by atoms with E-state index in [-0.39, 0.29) is 11.7 Å². The number of hydrogen-bond acceptors (Lipinski definition) is 3. The zero-order valence-electron chi connectivity index (χ0n) is 17.0. The lowest BCUT2D eigenvalue weighted by molar-refractivity contribution is -0.140. The van der Waals surface area contributed by atoms with Crippen LogP contribution in [0.4, 0.5) is 0 Å². The molecular weight excluding hydrogens is 366 g/mol. The van der Waals surface area contributed by atoms with Crippen molar-refractivity contribution in [2.75, 3.05) is 0 Å². The number of aliphatic carboxylic acids is 1. The maximum atomic E-state index is 13.1. The second-order valence-electron chi connectivity index (χ2n) is 7.72. The smallest absolute Gasteiger partial charge is 0.326 e. The molecule has 0 spiro atoms. The van der Waals surface area contributed by atoms with E-state index in [0.717, 1.165) is 21.9 Å². The molecule has 0 aliphatic heterocycles. The molecule has 1 amide bonds. The van der Waals surface area contributed by atoms with Crippen LogP contribution >= 0.6 is 0 Å². The predicted molar refractivity (Wildman–Crippen MR) is 114 cm³/mol. The Balaban J connectivity index is 2.26. The highest BCUT2D eigenvalue weighted by Crippen LogP contribution is 2.40. The van der Waals surface area contributed by atoms with E-state index in [1.54, 1.807) is 26.0 Å². The fraction of sp³-hybridized carbons (Fsp3) is 0.250. The Kier molecular flexibility index (Phi) is 5.59. The highest BCUT2D eigenvalue weighted by Gasteiger charge is 2.26. The van der Waals surface area contributed by atoms with Crippen molar-refractivity contribution in [3.8, 4) is 16.9 Å². The summed E-state index contributed by atoms with van der Waals surface area (Å²) < 4.78 is 0. The molecule has 0 saturated heterocycles. The average molecular weight is 391 g/mol. The van der Waals surface area contributed by atoms with Crippen molar-refractivity contribution >= 4 is 22.6 Å². The second kappa shape index (κ2) is 7.95. The van der Waals surface area contributed by atoms with Crippen LogP contribution in [-0.4, -0.2) is 28.1 Å². The van der Waals surface area contributed by atoms with Gasteiger partial charge in [0.15, 0.2) is 0 Å². The van der Waals surface area contributed by atoms with Gasteiger partial charge in [0.2, 0.25) is 0 Å². The SMILES string of the molecule is Cc1cc(C)c(-c2c(C(=O)N[C@H](C(=O)O)C(C)C)ccc3ccccc23)c(O)c1. The second-order valence-corrected chi connectivity index (χ2v) is 7.72. The van der Waals surface area contributed by atoms with E-state index in [0.29, 0.717) is 16.7 Å². The molecule has 3 N–H and O–H groups in total. The van der Waals surface area contributed by atoms with Gasteiger partial charge >= 0.3 is 5.97 Å². The lowest BCUT2D eigenvalue weighted by atomic mass is 9.89. The van der Waals surface area contributed by atoms with Gasteiger partial charge in [-0.1, -0.05) is 50.2 Å². The van der Waals surface area contributed by atoms with E-state index in [1.165, 1.54) is 0 Å². The number of phenols is 1. The third-order valence-electron chi connectivity index (χ3n) is 5.10. The van der Waals surface area contributed by atoms with Gasteiger partial charge in [0.25, 0.3) is 5.91 Å². The van der Waals surface area contributed by atoms with Gasteiger partial charge in [0.1, 0.15) is 11.8 Å². The number of carboxylic acid groups (broad SMARTS) is 1. The number of carbonyl (C=O) groups excluding carboxylic acids is 1. The molecule has 0 radical (unpaired) electrons. The first-order valence-electron chi connectivity index (χ1n) is 9.56. The molecule has 0 bridgehead atoms. The molecule has 5 nitrogen and oxygen atoms in total. The van der Waals surface area contributed by atoms with Crippen molar-refractivity contribution in [1.29, 1.82) is 0 Å². The van der Waals surface area contributed by atoms with Crippen molar-refractivity contribution in [3.05, 3.63) is 65.2 Å². The van der Waals surface area contributed by atoms with Crippen LogP contribution in [0.3, 0.4) is 0 Å². The summed E-state index contributed by atoms with van der Waals surface area (Å²) in [5, 5.41) is 24.6. The van der Waals surface area contributed by atoms with E-state index < -0.39 is 17.9 Å². The van der Waals surface area contributed by atoms with Crippen LogP contribution in [-0.2, 0) is 4.79 Å². The number of carbonyl (C=O) groups is 2. The largest absolute Gasteiger partial charge is 0.507 e. The number of carboxylic acids is 1. The van der Waals surface area contributed by atoms with Crippen LogP contribution in [0.2, 0.25) is 0 Å². The first-order chi connectivity index (χ1) is 13.7. The van der Waals surface area contributed by atoms with Gasteiger partial charge in [-0.2, -0.15) is 0 Å². The first-order valence-corrected chi connectivity index (χ1v) is 9.56. The van der Waals surface area contributed by atoms with E-state index >= 15 is 0 Å². The van der Waals surface area contributed by atoms with Gasteiger partial charge in [0.05, 0.1) is 0 Å². The number of nitrogens with one attached hydrogen (secondary N) is 1. The fourth-order valence-corrected chi connectivity index (χ4v) is 3.73. The topological polar surface area (TPSA) is 86.6 Å².